The second-order valence-corrected chi connectivity index (χ2v) is 6.58. The highest BCUT2D eigenvalue weighted by Gasteiger charge is 2.27. The third-order valence-electron chi connectivity index (χ3n) is 4.22. The summed E-state index contributed by atoms with van der Waals surface area (Å²) in [5, 5.41) is 0. The molecule has 1 aliphatic rings. The molecule has 2 rings (SSSR count). The van der Waals surface area contributed by atoms with E-state index < -0.39 is 0 Å². The Morgan fingerprint density at radius 2 is 1.95 bits per heavy atom. The number of ether oxygens (including phenoxy) is 1. The van der Waals surface area contributed by atoms with Crippen LogP contribution in [0.1, 0.15) is 69.8 Å². The number of hydrogen-bond acceptors (Lipinski definition) is 3. The molecule has 0 saturated heterocycles. The van der Waals surface area contributed by atoms with E-state index in [1.807, 2.05) is 0 Å². The Morgan fingerprint density at radius 1 is 1.30 bits per heavy atom. The number of rotatable bonds is 6. The van der Waals surface area contributed by atoms with Crippen LogP contribution in [-0.2, 0) is 11.3 Å². The molecular weight excluding hydrogens is 250 g/mol. The highest BCUT2D eigenvalue weighted by atomic mass is 16.5. The molecular formula is C16H29N3O. The minimum absolute atomic E-state index is 0.258. The summed E-state index contributed by atoms with van der Waals surface area (Å²) in [6.45, 7) is 8.24. The molecule has 1 saturated carbocycles. The number of methoxy groups -OCH3 is 1. The zero-order valence-electron chi connectivity index (χ0n) is 13.4. The van der Waals surface area contributed by atoms with Gasteiger partial charge in [0.1, 0.15) is 11.6 Å². The van der Waals surface area contributed by atoms with E-state index in [-0.39, 0.29) is 5.92 Å². The number of aromatic nitrogens is 2. The molecule has 1 atom stereocenters. The monoisotopic (exact) mass is 279 g/mol. The summed E-state index contributed by atoms with van der Waals surface area (Å²) in [6, 6.07) is 0. The van der Waals surface area contributed by atoms with E-state index in [9.17, 15) is 0 Å². The molecule has 114 valence electrons. The number of nitrogens with two attached hydrogens (primary N) is 1. The number of imidazole rings is 1. The Bertz CT molecular complexity index is 433. The smallest absolute Gasteiger partial charge is 0.127 e. The van der Waals surface area contributed by atoms with Gasteiger partial charge in [0.2, 0.25) is 0 Å². The molecule has 0 bridgehead atoms. The molecule has 20 heavy (non-hydrogen) atoms. The second kappa shape index (κ2) is 6.61. The summed E-state index contributed by atoms with van der Waals surface area (Å²) in [6.07, 6.45) is 5.16. The molecule has 0 aromatic carbocycles. The van der Waals surface area contributed by atoms with Crippen molar-refractivity contribution >= 4 is 5.82 Å². The summed E-state index contributed by atoms with van der Waals surface area (Å²) in [5.41, 5.74) is 7.42. The van der Waals surface area contributed by atoms with Crippen molar-refractivity contribution in [2.75, 3.05) is 19.5 Å². The highest BCUT2D eigenvalue weighted by molar-refractivity contribution is 5.41. The second-order valence-electron chi connectivity index (χ2n) is 6.58. The van der Waals surface area contributed by atoms with Crippen LogP contribution in [0.15, 0.2) is 0 Å². The topological polar surface area (TPSA) is 53.1 Å². The van der Waals surface area contributed by atoms with Gasteiger partial charge in [-0.1, -0.05) is 33.6 Å². The molecule has 1 unspecified atom stereocenters. The highest BCUT2D eigenvalue weighted by Crippen LogP contribution is 2.36. The number of anilines is 1. The van der Waals surface area contributed by atoms with Crippen LogP contribution in [0.2, 0.25) is 0 Å². The van der Waals surface area contributed by atoms with Crippen molar-refractivity contribution in [1.29, 1.82) is 0 Å². The van der Waals surface area contributed by atoms with Crippen LogP contribution in [0, 0.1) is 5.92 Å². The minimum atomic E-state index is 0.258. The normalized spacial score (nSPS) is 18.1. The maximum atomic E-state index is 6.40. The van der Waals surface area contributed by atoms with Crippen LogP contribution in [0.25, 0.3) is 0 Å². The van der Waals surface area contributed by atoms with Gasteiger partial charge in [-0.15, -0.1) is 0 Å². The van der Waals surface area contributed by atoms with Gasteiger partial charge >= 0.3 is 0 Å². The summed E-state index contributed by atoms with van der Waals surface area (Å²) in [4.78, 5) is 4.92. The van der Waals surface area contributed by atoms with Crippen molar-refractivity contribution in [3.05, 3.63) is 11.5 Å². The maximum Gasteiger partial charge on any atom is 0.127 e. The molecule has 2 N–H and O–H groups in total. The summed E-state index contributed by atoms with van der Waals surface area (Å²) in [5.74, 6) is 3.50. The van der Waals surface area contributed by atoms with Gasteiger partial charge in [-0.25, -0.2) is 4.98 Å². The van der Waals surface area contributed by atoms with Crippen molar-refractivity contribution in [2.45, 2.75) is 64.8 Å². The van der Waals surface area contributed by atoms with E-state index in [4.69, 9.17) is 15.5 Å². The van der Waals surface area contributed by atoms with E-state index in [2.05, 4.69) is 25.3 Å². The first-order valence-electron chi connectivity index (χ1n) is 7.89. The fourth-order valence-corrected chi connectivity index (χ4v) is 3.25. The maximum absolute atomic E-state index is 6.40. The number of nitrogens with zero attached hydrogens (tertiary/aromatic N) is 2. The standard InChI is InChI=1S/C16H29N3O/c1-11(2)9-19-15(17)14(12(3)10-20-4)18-16(19)13-7-5-6-8-13/h11-13H,5-10,17H2,1-4H3. The molecule has 4 heteroatoms. The largest absolute Gasteiger partial charge is 0.384 e. The summed E-state index contributed by atoms with van der Waals surface area (Å²) >= 11 is 0. The van der Waals surface area contributed by atoms with Gasteiger partial charge in [0.15, 0.2) is 0 Å². The Morgan fingerprint density at radius 3 is 2.50 bits per heavy atom. The van der Waals surface area contributed by atoms with Crippen LogP contribution in [0.5, 0.6) is 0 Å². The Kier molecular flexibility index (Phi) is 5.08. The molecule has 1 aromatic heterocycles. The molecule has 0 aliphatic heterocycles. The molecule has 1 aliphatic carbocycles. The third-order valence-corrected chi connectivity index (χ3v) is 4.22. The average molecular weight is 279 g/mol. The Balaban J connectivity index is 2.34. The van der Waals surface area contributed by atoms with Crippen LogP contribution in [0.3, 0.4) is 0 Å². The summed E-state index contributed by atoms with van der Waals surface area (Å²) < 4.78 is 7.53. The molecule has 0 spiro atoms. The Labute approximate surface area is 122 Å². The van der Waals surface area contributed by atoms with Crippen molar-refractivity contribution in [1.82, 2.24) is 9.55 Å². The predicted octanol–water partition coefficient (Wildman–Crippen LogP) is 3.53. The van der Waals surface area contributed by atoms with Gasteiger partial charge in [0.05, 0.1) is 12.3 Å². The number of hydrogen-bond donors (Lipinski definition) is 1. The zero-order valence-corrected chi connectivity index (χ0v) is 13.4. The van der Waals surface area contributed by atoms with E-state index >= 15 is 0 Å². The lowest BCUT2D eigenvalue weighted by Gasteiger charge is -2.16. The SMILES string of the molecule is COCC(C)c1nc(C2CCCC2)n(CC(C)C)c1N. The fraction of sp³-hybridized carbons (Fsp3) is 0.812. The van der Waals surface area contributed by atoms with E-state index in [0.717, 1.165) is 18.1 Å². The molecule has 0 radical (unpaired) electrons. The average Bonchev–Trinajstić information content (AvgIpc) is 2.99. The van der Waals surface area contributed by atoms with Crippen molar-refractivity contribution in [3.63, 3.8) is 0 Å². The molecule has 1 heterocycles. The minimum Gasteiger partial charge on any atom is -0.384 e. The van der Waals surface area contributed by atoms with Gasteiger partial charge in [-0.3, -0.25) is 0 Å². The number of nitrogen functional groups attached to an aromatic ring is 1. The first-order chi connectivity index (χ1) is 9.54. The molecule has 1 fully saturated rings. The van der Waals surface area contributed by atoms with Crippen molar-refractivity contribution < 1.29 is 4.74 Å². The van der Waals surface area contributed by atoms with Crippen LogP contribution < -0.4 is 5.73 Å². The van der Waals surface area contributed by atoms with Crippen LogP contribution in [-0.4, -0.2) is 23.3 Å². The first kappa shape index (κ1) is 15.4. The molecule has 0 amide bonds. The predicted molar refractivity (Wildman–Crippen MR) is 83.0 cm³/mol. The van der Waals surface area contributed by atoms with E-state index in [1.54, 1.807) is 7.11 Å². The summed E-state index contributed by atoms with van der Waals surface area (Å²) in [7, 11) is 1.73. The first-order valence-corrected chi connectivity index (χ1v) is 7.89. The lowest BCUT2D eigenvalue weighted by atomic mass is 10.1. The van der Waals surface area contributed by atoms with Crippen LogP contribution >= 0.6 is 0 Å². The Hall–Kier alpha value is -1.03. The fourth-order valence-electron chi connectivity index (χ4n) is 3.25. The quantitative estimate of drug-likeness (QED) is 0.866. The molecule has 1 aromatic rings. The van der Waals surface area contributed by atoms with E-state index in [1.165, 1.54) is 31.5 Å². The van der Waals surface area contributed by atoms with Crippen molar-refractivity contribution in [2.24, 2.45) is 5.92 Å². The third kappa shape index (κ3) is 3.17. The molecule has 4 nitrogen and oxygen atoms in total. The van der Waals surface area contributed by atoms with Gasteiger partial charge in [0.25, 0.3) is 0 Å². The van der Waals surface area contributed by atoms with Crippen molar-refractivity contribution in [3.8, 4) is 0 Å². The lowest BCUT2D eigenvalue weighted by molar-refractivity contribution is 0.183. The zero-order chi connectivity index (χ0) is 14.7. The van der Waals surface area contributed by atoms with Gasteiger partial charge in [-0.05, 0) is 18.8 Å². The van der Waals surface area contributed by atoms with Gasteiger partial charge in [-0.2, -0.15) is 0 Å². The lowest BCUT2D eigenvalue weighted by Crippen LogP contribution is -2.13. The van der Waals surface area contributed by atoms with E-state index in [0.29, 0.717) is 18.4 Å². The van der Waals surface area contributed by atoms with Crippen LogP contribution in [0.4, 0.5) is 5.82 Å². The van der Waals surface area contributed by atoms with Gasteiger partial charge in [0, 0.05) is 25.5 Å². The van der Waals surface area contributed by atoms with Gasteiger partial charge < -0.3 is 15.0 Å².